The van der Waals surface area contributed by atoms with E-state index in [2.05, 4.69) is 5.10 Å². The maximum atomic E-state index is 14.1. The topological polar surface area (TPSA) is 84.7 Å². The average molecular weight is 375 g/mol. The highest BCUT2D eigenvalue weighted by molar-refractivity contribution is 5.95. The van der Waals surface area contributed by atoms with Crippen molar-refractivity contribution in [3.63, 3.8) is 0 Å². The summed E-state index contributed by atoms with van der Waals surface area (Å²) in [6, 6.07) is 6.18. The Morgan fingerprint density at radius 1 is 1.41 bits per heavy atom. The van der Waals surface area contributed by atoms with Gasteiger partial charge >= 0.3 is 5.97 Å². The zero-order valence-electron chi connectivity index (χ0n) is 15.1. The molecule has 1 aliphatic rings. The maximum absolute atomic E-state index is 14.1. The highest BCUT2D eigenvalue weighted by Crippen LogP contribution is 2.20. The van der Waals surface area contributed by atoms with Gasteiger partial charge in [-0.3, -0.25) is 9.59 Å². The molecular formula is C19H22FN3O4. The molecule has 1 aromatic heterocycles. The van der Waals surface area contributed by atoms with Crippen LogP contribution in [-0.2, 0) is 9.53 Å². The summed E-state index contributed by atoms with van der Waals surface area (Å²) in [5.41, 5.74) is 1.07. The number of hydrogen-bond donors (Lipinski definition) is 1. The number of carboxylic acids is 1. The van der Waals surface area contributed by atoms with Gasteiger partial charge in [0.25, 0.3) is 5.91 Å². The molecule has 1 fully saturated rings. The van der Waals surface area contributed by atoms with E-state index in [-0.39, 0.29) is 30.7 Å². The summed E-state index contributed by atoms with van der Waals surface area (Å²) >= 11 is 0. The van der Waals surface area contributed by atoms with Crippen molar-refractivity contribution in [1.82, 2.24) is 14.7 Å². The molecule has 0 aliphatic carbocycles. The first kappa shape index (κ1) is 19.0. The number of ether oxygens (including phenoxy) is 1. The lowest BCUT2D eigenvalue weighted by Gasteiger charge is -2.25. The molecule has 0 saturated carbocycles. The third-order valence-corrected chi connectivity index (χ3v) is 4.65. The minimum atomic E-state index is -0.973. The van der Waals surface area contributed by atoms with E-state index in [9.17, 15) is 14.0 Å². The largest absolute Gasteiger partial charge is 0.481 e. The third-order valence-electron chi connectivity index (χ3n) is 4.65. The molecule has 1 amide bonds. The number of aromatic nitrogens is 2. The summed E-state index contributed by atoms with van der Waals surface area (Å²) < 4.78 is 21.0. The minimum absolute atomic E-state index is 0.0817. The number of para-hydroxylation sites is 1. The number of aliphatic carboxylic acids is 1. The Balaban J connectivity index is 1.84. The Morgan fingerprint density at radius 2 is 2.19 bits per heavy atom. The molecule has 0 spiro atoms. The van der Waals surface area contributed by atoms with Gasteiger partial charge in [0, 0.05) is 19.7 Å². The van der Waals surface area contributed by atoms with E-state index in [0.717, 1.165) is 12.8 Å². The fourth-order valence-electron chi connectivity index (χ4n) is 3.20. The SMILES string of the molecule is Cc1c(C(=O)N(CCC(=O)O)C[C@@H]2CCCO2)cnn1-c1ccccc1F. The summed E-state index contributed by atoms with van der Waals surface area (Å²) in [5.74, 6) is -1.74. The summed E-state index contributed by atoms with van der Waals surface area (Å²) in [7, 11) is 0. The van der Waals surface area contributed by atoms with Gasteiger partial charge in [-0.25, -0.2) is 9.07 Å². The van der Waals surface area contributed by atoms with Gasteiger partial charge in [-0.2, -0.15) is 5.10 Å². The van der Waals surface area contributed by atoms with Crippen molar-refractivity contribution in [3.8, 4) is 5.69 Å². The zero-order chi connectivity index (χ0) is 19.4. The van der Waals surface area contributed by atoms with E-state index in [1.165, 1.54) is 21.8 Å². The van der Waals surface area contributed by atoms with Crippen LogP contribution in [0.25, 0.3) is 5.69 Å². The smallest absolute Gasteiger partial charge is 0.305 e. The predicted octanol–water partition coefficient (Wildman–Crippen LogP) is 2.42. The number of amides is 1. The molecule has 1 saturated heterocycles. The number of carbonyl (C=O) groups is 2. The Kier molecular flexibility index (Phi) is 5.85. The van der Waals surface area contributed by atoms with E-state index in [0.29, 0.717) is 24.4 Å². The average Bonchev–Trinajstić information content (AvgIpc) is 3.28. The van der Waals surface area contributed by atoms with E-state index >= 15 is 0 Å². The van der Waals surface area contributed by atoms with Crippen molar-refractivity contribution in [2.45, 2.75) is 32.3 Å². The molecule has 1 atom stereocenters. The first-order chi connectivity index (χ1) is 13.0. The Bertz CT molecular complexity index is 830. The molecule has 7 nitrogen and oxygen atoms in total. The van der Waals surface area contributed by atoms with Crippen LogP contribution in [0.5, 0.6) is 0 Å². The zero-order valence-corrected chi connectivity index (χ0v) is 15.1. The van der Waals surface area contributed by atoms with E-state index in [1.54, 1.807) is 25.1 Å². The number of rotatable bonds is 7. The van der Waals surface area contributed by atoms with Gasteiger partial charge in [0.2, 0.25) is 0 Å². The quantitative estimate of drug-likeness (QED) is 0.803. The molecule has 1 aromatic carbocycles. The van der Waals surface area contributed by atoms with Gasteiger partial charge in [0.1, 0.15) is 11.5 Å². The van der Waals surface area contributed by atoms with Crippen molar-refractivity contribution in [1.29, 1.82) is 0 Å². The van der Waals surface area contributed by atoms with Crippen molar-refractivity contribution in [3.05, 3.63) is 47.5 Å². The number of hydrogen-bond acceptors (Lipinski definition) is 4. The number of nitrogens with zero attached hydrogens (tertiary/aromatic N) is 3. The second-order valence-electron chi connectivity index (χ2n) is 6.54. The van der Waals surface area contributed by atoms with Crippen molar-refractivity contribution in [2.24, 2.45) is 0 Å². The van der Waals surface area contributed by atoms with Crippen molar-refractivity contribution in [2.75, 3.05) is 19.7 Å². The second-order valence-corrected chi connectivity index (χ2v) is 6.54. The van der Waals surface area contributed by atoms with Gasteiger partial charge in [-0.15, -0.1) is 0 Å². The first-order valence-corrected chi connectivity index (χ1v) is 8.89. The molecule has 27 heavy (non-hydrogen) atoms. The van der Waals surface area contributed by atoms with Crippen LogP contribution in [0.15, 0.2) is 30.5 Å². The first-order valence-electron chi connectivity index (χ1n) is 8.89. The van der Waals surface area contributed by atoms with Crippen LogP contribution >= 0.6 is 0 Å². The fourth-order valence-corrected chi connectivity index (χ4v) is 3.20. The monoisotopic (exact) mass is 375 g/mol. The van der Waals surface area contributed by atoms with E-state index < -0.39 is 11.8 Å². The lowest BCUT2D eigenvalue weighted by atomic mass is 10.1. The highest BCUT2D eigenvalue weighted by atomic mass is 19.1. The van der Waals surface area contributed by atoms with Crippen LogP contribution in [0.1, 0.15) is 35.3 Å². The lowest BCUT2D eigenvalue weighted by Crippen LogP contribution is -2.39. The van der Waals surface area contributed by atoms with Crippen LogP contribution in [0.3, 0.4) is 0 Å². The molecule has 3 rings (SSSR count). The summed E-state index contributed by atoms with van der Waals surface area (Å²) in [6.45, 7) is 2.75. The van der Waals surface area contributed by atoms with Gasteiger partial charge in [-0.1, -0.05) is 12.1 Å². The van der Waals surface area contributed by atoms with Crippen LogP contribution < -0.4 is 0 Å². The number of halogens is 1. The Labute approximate surface area is 156 Å². The molecular weight excluding hydrogens is 353 g/mol. The van der Waals surface area contributed by atoms with Crippen molar-refractivity contribution >= 4 is 11.9 Å². The van der Waals surface area contributed by atoms with E-state index in [4.69, 9.17) is 9.84 Å². The third kappa shape index (κ3) is 4.33. The van der Waals surface area contributed by atoms with Crippen LogP contribution in [0.4, 0.5) is 4.39 Å². The number of carboxylic acid groups (broad SMARTS) is 1. The van der Waals surface area contributed by atoms with Gasteiger partial charge < -0.3 is 14.7 Å². The molecule has 0 bridgehead atoms. The van der Waals surface area contributed by atoms with Crippen LogP contribution in [0.2, 0.25) is 0 Å². The molecule has 0 radical (unpaired) electrons. The summed E-state index contributed by atoms with van der Waals surface area (Å²) in [5, 5.41) is 13.1. The maximum Gasteiger partial charge on any atom is 0.305 e. The molecule has 2 aromatic rings. The number of carbonyl (C=O) groups excluding carboxylic acids is 1. The van der Waals surface area contributed by atoms with Gasteiger partial charge in [0.05, 0.1) is 30.0 Å². The van der Waals surface area contributed by atoms with Crippen LogP contribution in [0, 0.1) is 12.7 Å². The molecule has 0 unspecified atom stereocenters. The fraction of sp³-hybridized carbons (Fsp3) is 0.421. The highest BCUT2D eigenvalue weighted by Gasteiger charge is 2.26. The molecule has 2 heterocycles. The van der Waals surface area contributed by atoms with Crippen molar-refractivity contribution < 1.29 is 23.8 Å². The molecule has 8 heteroatoms. The van der Waals surface area contributed by atoms with E-state index in [1.807, 2.05) is 0 Å². The Morgan fingerprint density at radius 3 is 2.85 bits per heavy atom. The number of benzene rings is 1. The Hall–Kier alpha value is -2.74. The predicted molar refractivity (Wildman–Crippen MR) is 95.4 cm³/mol. The molecule has 144 valence electrons. The standard InChI is InChI=1S/C19H22FN3O4/c1-13-15(11-21-23(13)17-7-3-2-6-16(17)20)19(26)22(9-8-18(24)25)12-14-5-4-10-27-14/h2-3,6-7,11,14H,4-5,8-10,12H2,1H3,(H,24,25)/t14-/m0/s1. The molecule has 1 N–H and O–H groups in total. The van der Waals surface area contributed by atoms with Gasteiger partial charge in [0.15, 0.2) is 0 Å². The minimum Gasteiger partial charge on any atom is -0.481 e. The lowest BCUT2D eigenvalue weighted by molar-refractivity contribution is -0.137. The van der Waals surface area contributed by atoms with Gasteiger partial charge in [-0.05, 0) is 31.9 Å². The van der Waals surface area contributed by atoms with Crippen LogP contribution in [-0.4, -0.2) is 57.5 Å². The second kappa shape index (κ2) is 8.30. The summed E-state index contributed by atoms with van der Waals surface area (Å²) in [4.78, 5) is 25.5. The summed E-state index contributed by atoms with van der Waals surface area (Å²) in [6.07, 6.45) is 2.91. The molecule has 1 aliphatic heterocycles. The normalized spacial score (nSPS) is 16.4.